The number of nitrogens with one attached hydrogen (secondary N) is 1. The third kappa shape index (κ3) is 5.37. The molecule has 0 aliphatic carbocycles. The Labute approximate surface area is 170 Å². The Morgan fingerprint density at radius 1 is 1.29 bits per heavy atom. The van der Waals surface area contributed by atoms with Crippen LogP contribution in [0.2, 0.25) is 5.02 Å². The second-order valence-corrected chi connectivity index (χ2v) is 6.36. The molecular formula is C15H10BrClN4O7. The topological polar surface area (TPSA) is 157 Å². The van der Waals surface area contributed by atoms with Gasteiger partial charge in [-0.1, -0.05) is 11.6 Å². The lowest BCUT2D eigenvalue weighted by molar-refractivity contribution is -0.394. The van der Waals surface area contributed by atoms with Crippen LogP contribution in [0.1, 0.15) is 5.56 Å². The molecule has 28 heavy (non-hydrogen) atoms. The van der Waals surface area contributed by atoms with Gasteiger partial charge in [0.1, 0.15) is 5.75 Å². The third-order valence-corrected chi connectivity index (χ3v) is 4.01. The molecule has 146 valence electrons. The first-order chi connectivity index (χ1) is 13.2. The summed E-state index contributed by atoms with van der Waals surface area (Å²) >= 11 is 9.01. The molecule has 0 saturated carbocycles. The molecule has 11 nitrogen and oxygen atoms in total. The van der Waals surface area contributed by atoms with Gasteiger partial charge < -0.3 is 9.84 Å². The van der Waals surface area contributed by atoms with E-state index in [1.54, 1.807) is 18.2 Å². The van der Waals surface area contributed by atoms with Crippen molar-refractivity contribution in [2.75, 3.05) is 6.61 Å². The smallest absolute Gasteiger partial charge is 0.318 e. The first-order valence-electron chi connectivity index (χ1n) is 7.24. The lowest BCUT2D eigenvalue weighted by atomic mass is 10.1. The summed E-state index contributed by atoms with van der Waals surface area (Å²) in [5, 5.41) is 35.5. The molecule has 0 saturated heterocycles. The van der Waals surface area contributed by atoms with Gasteiger partial charge >= 0.3 is 5.69 Å². The number of nitro groups is 2. The third-order valence-electron chi connectivity index (χ3n) is 3.16. The maximum atomic E-state index is 11.7. The highest BCUT2D eigenvalue weighted by atomic mass is 79.9. The van der Waals surface area contributed by atoms with Crippen molar-refractivity contribution >= 4 is 51.0 Å². The van der Waals surface area contributed by atoms with E-state index in [4.69, 9.17) is 16.3 Å². The van der Waals surface area contributed by atoms with Gasteiger partial charge in [-0.15, -0.1) is 0 Å². The Morgan fingerprint density at radius 2 is 2.00 bits per heavy atom. The van der Waals surface area contributed by atoms with Gasteiger partial charge in [0.05, 0.1) is 32.2 Å². The van der Waals surface area contributed by atoms with Gasteiger partial charge in [-0.2, -0.15) is 5.10 Å². The number of non-ortho nitro benzene ring substituents is 1. The van der Waals surface area contributed by atoms with E-state index in [-0.39, 0.29) is 5.56 Å². The summed E-state index contributed by atoms with van der Waals surface area (Å²) in [4.78, 5) is 31.6. The Kier molecular flexibility index (Phi) is 6.84. The van der Waals surface area contributed by atoms with Crippen LogP contribution in [-0.2, 0) is 4.79 Å². The Morgan fingerprint density at radius 3 is 2.61 bits per heavy atom. The molecule has 2 aromatic carbocycles. The quantitative estimate of drug-likeness (QED) is 0.355. The minimum atomic E-state index is -0.976. The number of nitro benzene ring substituents is 2. The van der Waals surface area contributed by atoms with Crippen LogP contribution in [0.15, 0.2) is 39.9 Å². The number of hydrogen-bond donors (Lipinski definition) is 2. The summed E-state index contributed by atoms with van der Waals surface area (Å²) in [6.45, 7) is -0.418. The van der Waals surface area contributed by atoms with Gasteiger partial charge in [0, 0.05) is 11.1 Å². The molecule has 0 aliphatic heterocycles. The van der Waals surface area contributed by atoms with Crippen LogP contribution in [0.3, 0.4) is 0 Å². The van der Waals surface area contributed by atoms with E-state index >= 15 is 0 Å². The van der Waals surface area contributed by atoms with Crippen molar-refractivity contribution in [1.29, 1.82) is 0 Å². The van der Waals surface area contributed by atoms with E-state index in [1.165, 1.54) is 0 Å². The molecule has 0 fully saturated rings. The summed E-state index contributed by atoms with van der Waals surface area (Å²) in [6, 6.07) is 6.17. The number of rotatable bonds is 7. The van der Waals surface area contributed by atoms with Crippen LogP contribution in [0, 0.1) is 20.2 Å². The first-order valence-corrected chi connectivity index (χ1v) is 8.41. The average molecular weight is 474 g/mol. The van der Waals surface area contributed by atoms with E-state index in [0.717, 1.165) is 12.3 Å². The Balaban J connectivity index is 2.06. The van der Waals surface area contributed by atoms with Crippen molar-refractivity contribution in [3.05, 3.63) is 65.6 Å². The van der Waals surface area contributed by atoms with Crippen LogP contribution >= 0.6 is 27.5 Å². The molecule has 0 heterocycles. The normalized spacial score (nSPS) is 10.6. The average Bonchev–Trinajstić information content (AvgIpc) is 2.61. The van der Waals surface area contributed by atoms with Gasteiger partial charge in [0.15, 0.2) is 6.61 Å². The van der Waals surface area contributed by atoms with E-state index in [9.17, 15) is 30.1 Å². The number of hydrazone groups is 1. The van der Waals surface area contributed by atoms with Crippen molar-refractivity contribution in [2.45, 2.75) is 0 Å². The molecule has 0 unspecified atom stereocenters. The molecule has 0 aliphatic rings. The molecular weight excluding hydrogens is 464 g/mol. The number of benzene rings is 2. The highest BCUT2D eigenvalue weighted by Gasteiger charge is 2.23. The van der Waals surface area contributed by atoms with Crippen LogP contribution in [0.5, 0.6) is 11.5 Å². The Bertz CT molecular complexity index is 983. The molecule has 13 heteroatoms. The summed E-state index contributed by atoms with van der Waals surface area (Å²) in [5.74, 6) is -1.15. The van der Waals surface area contributed by atoms with Gasteiger partial charge in [-0.3, -0.25) is 25.0 Å². The van der Waals surface area contributed by atoms with E-state index in [1.807, 2.05) is 0 Å². The number of hydrogen-bond acceptors (Lipinski definition) is 8. The molecule has 2 aromatic rings. The number of phenolic OH excluding ortho intramolecular Hbond substituents is 1. The summed E-state index contributed by atoms with van der Waals surface area (Å²) in [7, 11) is 0. The van der Waals surface area contributed by atoms with Gasteiger partial charge in [-0.25, -0.2) is 5.43 Å². The van der Waals surface area contributed by atoms with E-state index in [2.05, 4.69) is 26.5 Å². The number of aromatic hydroxyl groups is 1. The fourth-order valence-corrected chi connectivity index (χ4v) is 2.71. The summed E-state index contributed by atoms with van der Waals surface area (Å²) < 4.78 is 5.79. The highest BCUT2D eigenvalue weighted by Crippen LogP contribution is 2.33. The number of phenols is 1. The van der Waals surface area contributed by atoms with E-state index < -0.39 is 39.5 Å². The Hall–Kier alpha value is -3.25. The number of carbonyl (C=O) groups excluding carboxylic acids is 1. The number of ether oxygens (including phenoxy) is 1. The monoisotopic (exact) mass is 472 g/mol. The van der Waals surface area contributed by atoms with Crippen molar-refractivity contribution in [1.82, 2.24) is 5.43 Å². The van der Waals surface area contributed by atoms with Crippen molar-refractivity contribution in [3.8, 4) is 11.5 Å². The minimum Gasteiger partial charge on any atom is -0.502 e. The number of carbonyl (C=O) groups is 1. The lowest BCUT2D eigenvalue weighted by Gasteiger charge is -2.07. The molecule has 0 aromatic heterocycles. The molecule has 0 atom stereocenters. The van der Waals surface area contributed by atoms with Crippen LogP contribution in [0.4, 0.5) is 11.4 Å². The number of amides is 1. The largest absolute Gasteiger partial charge is 0.502 e. The summed E-state index contributed by atoms with van der Waals surface area (Å²) in [5.41, 5.74) is 0.273. The molecule has 0 bridgehead atoms. The zero-order valence-corrected chi connectivity index (χ0v) is 16.0. The fraction of sp³-hybridized carbons (Fsp3) is 0.0667. The fourth-order valence-electron chi connectivity index (χ4n) is 1.91. The summed E-state index contributed by atoms with van der Waals surface area (Å²) in [6.07, 6.45) is 0.839. The second kappa shape index (κ2) is 9.10. The van der Waals surface area contributed by atoms with Crippen molar-refractivity contribution < 1.29 is 24.5 Å². The maximum absolute atomic E-state index is 11.7. The second-order valence-electron chi connectivity index (χ2n) is 5.07. The lowest BCUT2D eigenvalue weighted by Crippen LogP contribution is -2.24. The standard InChI is InChI=1S/C15H10BrClN4O7/c16-11-4-9(17)1-2-13(11)28-7-14(22)19-18-6-8-3-10(20(24)25)5-12(15(8)23)21(26)27/h1-6,23H,7H2,(H,19,22)/b18-6+. The molecule has 2 N–H and O–H groups in total. The first kappa shape index (κ1) is 21.1. The van der Waals surface area contributed by atoms with E-state index in [0.29, 0.717) is 21.3 Å². The number of nitrogens with zero attached hydrogens (tertiary/aromatic N) is 3. The molecule has 2 rings (SSSR count). The predicted octanol–water partition coefficient (Wildman–Crippen LogP) is 3.15. The van der Waals surface area contributed by atoms with Crippen LogP contribution < -0.4 is 10.2 Å². The zero-order valence-electron chi connectivity index (χ0n) is 13.7. The van der Waals surface area contributed by atoms with Gasteiger partial charge in [0.25, 0.3) is 11.6 Å². The molecule has 1 amide bonds. The zero-order chi connectivity index (χ0) is 20.8. The number of halogens is 2. The van der Waals surface area contributed by atoms with Gasteiger partial charge in [-0.05, 0) is 34.1 Å². The minimum absolute atomic E-state index is 0.317. The van der Waals surface area contributed by atoms with Gasteiger partial charge in [0.2, 0.25) is 5.75 Å². The predicted molar refractivity (Wildman–Crippen MR) is 102 cm³/mol. The van der Waals surface area contributed by atoms with Crippen LogP contribution in [0.25, 0.3) is 0 Å². The molecule has 0 radical (unpaired) electrons. The molecule has 0 spiro atoms. The SMILES string of the molecule is O=C(COc1ccc(Cl)cc1Br)N/N=C/c1cc([N+](=O)[O-])cc([N+](=O)[O-])c1O. The van der Waals surface area contributed by atoms with Crippen molar-refractivity contribution in [3.63, 3.8) is 0 Å². The highest BCUT2D eigenvalue weighted by molar-refractivity contribution is 9.10. The van der Waals surface area contributed by atoms with Crippen LogP contribution in [-0.4, -0.2) is 33.7 Å². The van der Waals surface area contributed by atoms with Crippen molar-refractivity contribution in [2.24, 2.45) is 5.10 Å². The maximum Gasteiger partial charge on any atom is 0.318 e.